The molecule has 0 aliphatic heterocycles. The van der Waals surface area contributed by atoms with E-state index in [-0.39, 0.29) is 5.41 Å². The molecule has 0 N–H and O–H groups in total. The molecule has 0 fully saturated rings. The normalized spacial score (nSPS) is 12.1. The first-order valence-corrected chi connectivity index (χ1v) is 10.5. The number of furan rings is 1. The summed E-state index contributed by atoms with van der Waals surface area (Å²) in [7, 11) is 0. The molecule has 1 aromatic heterocycles. The summed E-state index contributed by atoms with van der Waals surface area (Å²) in [6.45, 7) is 8.90. The van der Waals surface area contributed by atoms with Crippen molar-refractivity contribution in [1.29, 1.82) is 0 Å². The van der Waals surface area contributed by atoms with Crippen molar-refractivity contribution in [2.24, 2.45) is 0 Å². The maximum absolute atomic E-state index is 6.23. The Hall–Kier alpha value is -2.48. The smallest absolute Gasteiger partial charge is 0.135 e. The Balaban J connectivity index is 1.88. The van der Waals surface area contributed by atoms with Crippen LogP contribution in [0.2, 0.25) is 0 Å². The summed E-state index contributed by atoms with van der Waals surface area (Å²) in [6, 6.07) is 16.1. The third kappa shape index (κ3) is 5.07. The van der Waals surface area contributed by atoms with E-state index in [9.17, 15) is 0 Å². The van der Waals surface area contributed by atoms with Gasteiger partial charge in [-0.15, -0.1) is 0 Å². The topological polar surface area (TPSA) is 22.4 Å². The molecule has 0 saturated heterocycles. The van der Waals surface area contributed by atoms with Gasteiger partial charge >= 0.3 is 0 Å². The summed E-state index contributed by atoms with van der Waals surface area (Å²) in [5.74, 6) is 2.65. The van der Waals surface area contributed by atoms with Crippen LogP contribution in [0.15, 0.2) is 59.0 Å². The minimum absolute atomic E-state index is 0.0609. The van der Waals surface area contributed by atoms with Gasteiger partial charge in [-0.05, 0) is 54.7 Å². The second kappa shape index (κ2) is 9.14. The average molecular weight is 377 g/mol. The summed E-state index contributed by atoms with van der Waals surface area (Å²) >= 11 is 0. The number of rotatable bonds is 8. The quantitative estimate of drug-likeness (QED) is 0.368. The first-order chi connectivity index (χ1) is 13.5. The highest BCUT2D eigenvalue weighted by atomic mass is 16.5. The molecule has 0 amide bonds. The highest BCUT2D eigenvalue weighted by Gasteiger charge is 2.24. The number of hydrogen-bond donors (Lipinski definition) is 0. The molecule has 0 atom stereocenters. The number of allylic oxidation sites excluding steroid dienone is 1. The molecule has 0 saturated carbocycles. The van der Waals surface area contributed by atoms with E-state index in [0.717, 1.165) is 34.6 Å². The van der Waals surface area contributed by atoms with Crippen LogP contribution in [0.1, 0.15) is 71.1 Å². The van der Waals surface area contributed by atoms with Crippen molar-refractivity contribution in [2.75, 3.05) is 0 Å². The van der Waals surface area contributed by atoms with Gasteiger partial charge in [0.15, 0.2) is 0 Å². The van der Waals surface area contributed by atoms with Crippen LogP contribution >= 0.6 is 0 Å². The van der Waals surface area contributed by atoms with Crippen molar-refractivity contribution in [1.82, 2.24) is 0 Å². The molecule has 2 aromatic carbocycles. The van der Waals surface area contributed by atoms with Crippen LogP contribution in [0.25, 0.3) is 17.0 Å². The zero-order valence-corrected chi connectivity index (χ0v) is 17.6. The minimum atomic E-state index is -0.0609. The average Bonchev–Trinajstić information content (AvgIpc) is 3.07. The molecule has 0 bridgehead atoms. The van der Waals surface area contributed by atoms with Crippen LogP contribution in [0, 0.1) is 0 Å². The van der Waals surface area contributed by atoms with Crippen molar-refractivity contribution in [2.45, 2.75) is 65.2 Å². The second-order valence-corrected chi connectivity index (χ2v) is 8.42. The molecule has 3 rings (SSSR count). The van der Waals surface area contributed by atoms with Crippen molar-refractivity contribution in [3.63, 3.8) is 0 Å². The Morgan fingerprint density at radius 1 is 0.964 bits per heavy atom. The number of fused-ring (bicyclic) bond motifs is 1. The summed E-state index contributed by atoms with van der Waals surface area (Å²) in [4.78, 5) is 0. The third-order valence-electron chi connectivity index (χ3n) is 4.91. The predicted molar refractivity (Wildman–Crippen MR) is 119 cm³/mol. The summed E-state index contributed by atoms with van der Waals surface area (Å²) < 4.78 is 12.3. The first-order valence-electron chi connectivity index (χ1n) is 10.5. The number of ether oxygens (including phenoxy) is 1. The third-order valence-corrected chi connectivity index (χ3v) is 4.91. The SMILES string of the molecule is CCCCCCC=Cc1cc2c(C(C)(C)C)c(Oc3ccccc3)ccc2o1. The van der Waals surface area contributed by atoms with Crippen molar-refractivity contribution in [3.05, 3.63) is 65.9 Å². The van der Waals surface area contributed by atoms with Crippen LogP contribution in [0.3, 0.4) is 0 Å². The molecule has 2 nitrogen and oxygen atoms in total. The van der Waals surface area contributed by atoms with E-state index >= 15 is 0 Å². The van der Waals surface area contributed by atoms with Gasteiger partial charge in [-0.1, -0.05) is 71.2 Å². The number of unbranched alkanes of at least 4 members (excludes halogenated alkanes) is 4. The van der Waals surface area contributed by atoms with Gasteiger partial charge in [0.2, 0.25) is 0 Å². The van der Waals surface area contributed by atoms with E-state index in [1.54, 1.807) is 0 Å². The maximum atomic E-state index is 6.23. The lowest BCUT2D eigenvalue weighted by Gasteiger charge is -2.23. The fraction of sp³-hybridized carbons (Fsp3) is 0.385. The number of hydrogen-bond acceptors (Lipinski definition) is 2. The number of benzene rings is 2. The van der Waals surface area contributed by atoms with Crippen LogP contribution in [-0.2, 0) is 5.41 Å². The van der Waals surface area contributed by atoms with Gasteiger partial charge < -0.3 is 9.15 Å². The second-order valence-electron chi connectivity index (χ2n) is 8.42. The fourth-order valence-electron chi connectivity index (χ4n) is 3.56. The van der Waals surface area contributed by atoms with E-state index in [4.69, 9.17) is 9.15 Å². The molecule has 0 aliphatic rings. The Bertz CT molecular complexity index is 911. The monoisotopic (exact) mass is 376 g/mol. The van der Waals surface area contributed by atoms with E-state index in [0.29, 0.717) is 0 Å². The lowest BCUT2D eigenvalue weighted by atomic mass is 9.84. The van der Waals surface area contributed by atoms with Gasteiger partial charge in [0.25, 0.3) is 0 Å². The lowest BCUT2D eigenvalue weighted by molar-refractivity contribution is 0.457. The molecule has 148 valence electrons. The molecule has 28 heavy (non-hydrogen) atoms. The fourth-order valence-corrected chi connectivity index (χ4v) is 3.56. The van der Waals surface area contributed by atoms with Crippen LogP contribution in [0.5, 0.6) is 11.5 Å². The Labute approximate surface area is 169 Å². The van der Waals surface area contributed by atoms with Gasteiger partial charge in [-0.3, -0.25) is 0 Å². The van der Waals surface area contributed by atoms with Crippen molar-refractivity contribution >= 4 is 17.0 Å². The minimum Gasteiger partial charge on any atom is -0.457 e. The zero-order valence-electron chi connectivity index (χ0n) is 17.6. The van der Waals surface area contributed by atoms with E-state index < -0.39 is 0 Å². The van der Waals surface area contributed by atoms with Gasteiger partial charge in [-0.25, -0.2) is 0 Å². The van der Waals surface area contributed by atoms with Gasteiger partial charge in [0.1, 0.15) is 22.8 Å². The maximum Gasteiger partial charge on any atom is 0.135 e. The highest BCUT2D eigenvalue weighted by Crippen LogP contribution is 2.40. The molecule has 0 radical (unpaired) electrons. The Morgan fingerprint density at radius 2 is 1.75 bits per heavy atom. The van der Waals surface area contributed by atoms with Gasteiger partial charge in [0.05, 0.1) is 0 Å². The molecule has 2 heteroatoms. The molecular weight excluding hydrogens is 344 g/mol. The van der Waals surface area contributed by atoms with Crippen LogP contribution in [0.4, 0.5) is 0 Å². The largest absolute Gasteiger partial charge is 0.457 e. The van der Waals surface area contributed by atoms with Crippen LogP contribution < -0.4 is 4.74 Å². The summed E-state index contributed by atoms with van der Waals surface area (Å²) in [5, 5.41) is 1.13. The van der Waals surface area contributed by atoms with Gasteiger partial charge in [-0.2, -0.15) is 0 Å². The molecule has 0 aliphatic carbocycles. The zero-order chi connectivity index (χ0) is 20.0. The first kappa shape index (κ1) is 20.3. The van der Waals surface area contributed by atoms with Crippen LogP contribution in [-0.4, -0.2) is 0 Å². The van der Waals surface area contributed by atoms with Gasteiger partial charge in [0, 0.05) is 10.9 Å². The van der Waals surface area contributed by atoms with Crippen molar-refractivity contribution in [3.8, 4) is 11.5 Å². The lowest BCUT2D eigenvalue weighted by Crippen LogP contribution is -2.13. The molecular formula is C26H32O2. The van der Waals surface area contributed by atoms with E-state index in [1.807, 2.05) is 42.5 Å². The Kier molecular flexibility index (Phi) is 6.61. The molecule has 3 aromatic rings. The van der Waals surface area contributed by atoms with E-state index in [1.165, 1.54) is 31.2 Å². The molecule has 1 heterocycles. The molecule has 0 unspecified atom stereocenters. The summed E-state index contributed by atoms with van der Waals surface area (Å²) in [6.07, 6.45) is 10.6. The highest BCUT2D eigenvalue weighted by molar-refractivity contribution is 5.87. The molecule has 0 spiro atoms. The standard InChI is InChI=1S/C26H32O2/c1-5-6-7-8-9-11-16-21-19-22-23(28-21)17-18-24(25(22)26(2,3)4)27-20-14-12-10-13-15-20/h10-19H,5-9H2,1-4H3. The van der Waals surface area contributed by atoms with Crippen molar-refractivity contribution < 1.29 is 9.15 Å². The predicted octanol–water partition coefficient (Wildman–Crippen LogP) is 8.51. The Morgan fingerprint density at radius 3 is 2.46 bits per heavy atom. The number of para-hydroxylation sites is 1. The summed E-state index contributed by atoms with van der Waals surface area (Å²) in [5.41, 5.74) is 2.03. The van der Waals surface area contributed by atoms with E-state index in [2.05, 4.69) is 45.9 Å².